The van der Waals surface area contributed by atoms with Crippen LogP contribution in [0, 0.1) is 5.41 Å². The van der Waals surface area contributed by atoms with Crippen LogP contribution in [0.15, 0.2) is 54.7 Å². The SMILES string of the molecule is CC.CC(=N)c1cc(Oc2ccnc(-c3ccc4c(c3)CCCC4=O)c2)ccc1N. The first-order valence-corrected chi connectivity index (χ1v) is 10.3. The van der Waals surface area contributed by atoms with Crippen LogP contribution >= 0.6 is 0 Å². The summed E-state index contributed by atoms with van der Waals surface area (Å²) in [6.45, 7) is 5.70. The maximum absolute atomic E-state index is 12.0. The lowest BCUT2D eigenvalue weighted by Crippen LogP contribution is -2.10. The van der Waals surface area contributed by atoms with Crippen molar-refractivity contribution in [3.8, 4) is 22.8 Å². The predicted octanol–water partition coefficient (Wildman–Crippen LogP) is 6.06. The van der Waals surface area contributed by atoms with E-state index in [-0.39, 0.29) is 5.78 Å². The molecular weight excluding hydrogens is 374 g/mol. The van der Waals surface area contributed by atoms with Crippen molar-refractivity contribution in [1.82, 2.24) is 4.98 Å². The van der Waals surface area contributed by atoms with Crippen LogP contribution in [0.25, 0.3) is 11.3 Å². The normalized spacial score (nSPS) is 12.4. The molecule has 1 aliphatic rings. The summed E-state index contributed by atoms with van der Waals surface area (Å²) in [5.74, 6) is 1.49. The van der Waals surface area contributed by atoms with E-state index in [1.807, 2.05) is 32.0 Å². The molecule has 0 saturated carbocycles. The Morgan fingerprint density at radius 1 is 1.03 bits per heavy atom. The number of nitrogens with one attached hydrogen (secondary N) is 1. The number of nitrogens with two attached hydrogens (primary N) is 1. The molecule has 0 radical (unpaired) electrons. The summed E-state index contributed by atoms with van der Waals surface area (Å²) in [6, 6.07) is 14.9. The number of nitrogen functional groups attached to an aromatic ring is 1. The average molecular weight is 402 g/mol. The molecular formula is C25H27N3O2. The van der Waals surface area contributed by atoms with E-state index < -0.39 is 0 Å². The van der Waals surface area contributed by atoms with E-state index in [1.165, 1.54) is 0 Å². The molecule has 0 bridgehead atoms. The van der Waals surface area contributed by atoms with Gasteiger partial charge in [0.2, 0.25) is 0 Å². The highest BCUT2D eigenvalue weighted by Crippen LogP contribution is 2.30. The van der Waals surface area contributed by atoms with Gasteiger partial charge >= 0.3 is 0 Å². The van der Waals surface area contributed by atoms with E-state index >= 15 is 0 Å². The molecule has 5 heteroatoms. The van der Waals surface area contributed by atoms with Crippen molar-refractivity contribution in [3.63, 3.8) is 0 Å². The van der Waals surface area contributed by atoms with Gasteiger partial charge in [-0.25, -0.2) is 0 Å². The van der Waals surface area contributed by atoms with Crippen LogP contribution in [-0.4, -0.2) is 16.5 Å². The fraction of sp³-hybridized carbons (Fsp3) is 0.240. The van der Waals surface area contributed by atoms with Gasteiger partial charge in [0.05, 0.1) is 5.69 Å². The first kappa shape index (κ1) is 21.2. The smallest absolute Gasteiger partial charge is 0.163 e. The minimum absolute atomic E-state index is 0.221. The molecule has 154 valence electrons. The molecule has 0 fully saturated rings. The molecule has 0 amide bonds. The van der Waals surface area contributed by atoms with Crippen LogP contribution in [-0.2, 0) is 6.42 Å². The number of fused-ring (bicyclic) bond motifs is 1. The molecule has 2 aromatic carbocycles. The van der Waals surface area contributed by atoms with Gasteiger partial charge in [-0.15, -0.1) is 0 Å². The Hall–Kier alpha value is -3.47. The van der Waals surface area contributed by atoms with E-state index in [9.17, 15) is 4.79 Å². The summed E-state index contributed by atoms with van der Waals surface area (Å²) in [6.07, 6.45) is 4.15. The molecule has 4 rings (SSSR count). The van der Waals surface area contributed by atoms with Crippen molar-refractivity contribution in [2.24, 2.45) is 0 Å². The molecule has 3 aromatic rings. The summed E-state index contributed by atoms with van der Waals surface area (Å²) in [5.41, 5.74) is 11.2. The number of Topliss-reactive ketones (excluding diaryl/α,β-unsaturated/α-hetero) is 1. The molecule has 0 unspecified atom stereocenters. The second-order valence-electron chi connectivity index (χ2n) is 7.00. The number of rotatable bonds is 4. The lowest BCUT2D eigenvalue weighted by atomic mass is 9.89. The van der Waals surface area contributed by atoms with Crippen LogP contribution in [0.3, 0.4) is 0 Å². The first-order chi connectivity index (χ1) is 14.5. The highest BCUT2D eigenvalue weighted by molar-refractivity contribution is 6.01. The summed E-state index contributed by atoms with van der Waals surface area (Å²) in [7, 11) is 0. The van der Waals surface area contributed by atoms with E-state index in [4.69, 9.17) is 15.9 Å². The number of pyridine rings is 1. The standard InChI is InChI=1S/C23H21N3O2.C2H6/c1-14(24)20-12-17(6-8-21(20)25)28-18-9-10-26-22(13-18)16-5-7-19-15(11-16)3-2-4-23(19)27;1-2/h5-13,24H,2-4,25H2,1H3;1-2H3. The van der Waals surface area contributed by atoms with Crippen LogP contribution in [0.2, 0.25) is 0 Å². The second-order valence-corrected chi connectivity index (χ2v) is 7.00. The predicted molar refractivity (Wildman–Crippen MR) is 122 cm³/mol. The second kappa shape index (κ2) is 9.35. The molecule has 1 heterocycles. The number of hydrogen-bond acceptors (Lipinski definition) is 5. The third-order valence-corrected chi connectivity index (χ3v) is 4.95. The number of hydrogen-bond donors (Lipinski definition) is 2. The zero-order valence-electron chi connectivity index (χ0n) is 17.7. The topological polar surface area (TPSA) is 89.1 Å². The van der Waals surface area contributed by atoms with Gasteiger partial charge < -0.3 is 15.9 Å². The summed E-state index contributed by atoms with van der Waals surface area (Å²) >= 11 is 0. The van der Waals surface area contributed by atoms with Crippen molar-refractivity contribution < 1.29 is 9.53 Å². The minimum Gasteiger partial charge on any atom is -0.457 e. The molecule has 5 nitrogen and oxygen atoms in total. The third-order valence-electron chi connectivity index (χ3n) is 4.95. The Kier molecular flexibility index (Phi) is 6.62. The zero-order chi connectivity index (χ0) is 21.7. The molecule has 0 spiro atoms. The van der Waals surface area contributed by atoms with Crippen molar-refractivity contribution in [2.45, 2.75) is 40.0 Å². The number of anilines is 1. The minimum atomic E-state index is 0.221. The van der Waals surface area contributed by atoms with Gasteiger partial charge in [-0.05, 0) is 55.7 Å². The Morgan fingerprint density at radius 3 is 2.57 bits per heavy atom. The lowest BCUT2D eigenvalue weighted by molar-refractivity contribution is 0.0972. The number of aromatic nitrogens is 1. The number of ether oxygens (including phenoxy) is 1. The van der Waals surface area contributed by atoms with E-state index in [0.29, 0.717) is 34.9 Å². The Bertz CT molecular complexity index is 1090. The van der Waals surface area contributed by atoms with Gasteiger partial charge in [-0.3, -0.25) is 9.78 Å². The Labute approximate surface area is 177 Å². The van der Waals surface area contributed by atoms with E-state index in [0.717, 1.165) is 35.2 Å². The van der Waals surface area contributed by atoms with Crippen molar-refractivity contribution in [2.75, 3.05) is 5.73 Å². The fourth-order valence-corrected chi connectivity index (χ4v) is 3.50. The van der Waals surface area contributed by atoms with Gasteiger partial charge in [0.1, 0.15) is 11.5 Å². The number of aryl methyl sites for hydroxylation is 1. The van der Waals surface area contributed by atoms with E-state index in [2.05, 4.69) is 11.1 Å². The lowest BCUT2D eigenvalue weighted by Gasteiger charge is -2.15. The van der Waals surface area contributed by atoms with Crippen molar-refractivity contribution in [3.05, 3.63) is 71.4 Å². The van der Waals surface area contributed by atoms with Crippen LogP contribution in [0.4, 0.5) is 5.69 Å². The average Bonchev–Trinajstić information content (AvgIpc) is 2.76. The number of benzene rings is 2. The molecule has 0 saturated heterocycles. The summed E-state index contributed by atoms with van der Waals surface area (Å²) in [5, 5.41) is 7.82. The largest absolute Gasteiger partial charge is 0.457 e. The number of ketones is 1. The Morgan fingerprint density at radius 2 is 1.80 bits per heavy atom. The third kappa shape index (κ3) is 4.57. The number of carbonyl (C=O) groups is 1. The van der Waals surface area contributed by atoms with Crippen LogP contribution in [0.1, 0.15) is 55.1 Å². The van der Waals surface area contributed by atoms with Gasteiger partial charge in [0.15, 0.2) is 5.78 Å². The molecule has 0 atom stereocenters. The van der Waals surface area contributed by atoms with Gasteiger partial charge in [0, 0.05) is 46.8 Å². The van der Waals surface area contributed by atoms with Crippen LogP contribution < -0.4 is 10.5 Å². The summed E-state index contributed by atoms with van der Waals surface area (Å²) < 4.78 is 5.97. The highest BCUT2D eigenvalue weighted by Gasteiger charge is 2.17. The maximum Gasteiger partial charge on any atom is 0.163 e. The quantitative estimate of drug-likeness (QED) is 0.411. The Balaban J connectivity index is 0.00000124. The first-order valence-electron chi connectivity index (χ1n) is 10.3. The van der Waals surface area contributed by atoms with Gasteiger partial charge in [-0.2, -0.15) is 0 Å². The van der Waals surface area contributed by atoms with Gasteiger partial charge in [-0.1, -0.05) is 26.0 Å². The van der Waals surface area contributed by atoms with Crippen LogP contribution in [0.5, 0.6) is 11.5 Å². The fourth-order valence-electron chi connectivity index (χ4n) is 3.50. The molecule has 30 heavy (non-hydrogen) atoms. The molecule has 1 aliphatic carbocycles. The monoisotopic (exact) mass is 401 g/mol. The molecule has 3 N–H and O–H groups in total. The van der Waals surface area contributed by atoms with Crippen molar-refractivity contribution >= 4 is 17.2 Å². The zero-order valence-corrected chi connectivity index (χ0v) is 17.7. The summed E-state index contributed by atoms with van der Waals surface area (Å²) in [4.78, 5) is 16.5. The maximum atomic E-state index is 12.0. The number of carbonyl (C=O) groups excluding carboxylic acids is 1. The highest BCUT2D eigenvalue weighted by atomic mass is 16.5. The molecule has 1 aromatic heterocycles. The van der Waals surface area contributed by atoms with Gasteiger partial charge in [0.25, 0.3) is 0 Å². The number of nitrogens with zero attached hydrogens (tertiary/aromatic N) is 1. The van der Waals surface area contributed by atoms with E-state index in [1.54, 1.807) is 37.4 Å². The molecule has 0 aliphatic heterocycles. The van der Waals surface area contributed by atoms with Crippen molar-refractivity contribution in [1.29, 1.82) is 5.41 Å².